The van der Waals surface area contributed by atoms with Crippen LogP contribution in [-0.2, 0) is 0 Å². The predicted octanol–water partition coefficient (Wildman–Crippen LogP) is 3.23. The van der Waals surface area contributed by atoms with E-state index in [4.69, 9.17) is 0 Å². The summed E-state index contributed by atoms with van der Waals surface area (Å²) >= 11 is 0. The second-order valence-corrected chi connectivity index (χ2v) is 4.86. The largest absolute Gasteiger partial charge is 0.504 e. The van der Waals surface area contributed by atoms with Crippen LogP contribution < -0.4 is 4.90 Å². The molecule has 0 spiro atoms. The van der Waals surface area contributed by atoms with E-state index in [1.165, 1.54) is 12.1 Å². The number of aromatic hydroxyl groups is 2. The molecular weight excluding hydrogens is 264 g/mol. The molecule has 0 aromatic heterocycles. The Hall–Kier alpha value is -2.93. The summed E-state index contributed by atoms with van der Waals surface area (Å²) in [5.74, 6) is -0.384. The molecule has 2 N–H and O–H groups in total. The van der Waals surface area contributed by atoms with Crippen molar-refractivity contribution >= 4 is 17.3 Å². The van der Waals surface area contributed by atoms with Crippen molar-refractivity contribution in [2.24, 2.45) is 0 Å². The van der Waals surface area contributed by atoms with Gasteiger partial charge in [-0.3, -0.25) is 0 Å². The van der Waals surface area contributed by atoms with Gasteiger partial charge in [0.15, 0.2) is 11.5 Å². The standard InChI is InChI=1S/C17H16N2O2/c1-19(2)15-6-4-13(5-7-15)14(11-18)9-12-3-8-16(20)17(21)10-12/h3-10,20-21H,1-2H3/b14-9+. The van der Waals surface area contributed by atoms with Crippen LogP contribution in [0.1, 0.15) is 11.1 Å². The monoisotopic (exact) mass is 280 g/mol. The molecule has 0 saturated heterocycles. The SMILES string of the molecule is CN(C)c1ccc(/C(C#N)=C/c2ccc(O)c(O)c2)cc1. The van der Waals surface area contributed by atoms with Gasteiger partial charge in [-0.2, -0.15) is 5.26 Å². The Kier molecular flexibility index (Phi) is 4.15. The number of anilines is 1. The van der Waals surface area contributed by atoms with Gasteiger partial charge in [0.2, 0.25) is 0 Å². The molecular formula is C17H16N2O2. The van der Waals surface area contributed by atoms with Gasteiger partial charge < -0.3 is 15.1 Å². The number of phenols is 2. The lowest BCUT2D eigenvalue weighted by atomic mass is 10.0. The minimum atomic E-state index is -0.205. The van der Waals surface area contributed by atoms with E-state index in [2.05, 4.69) is 6.07 Å². The highest BCUT2D eigenvalue weighted by Crippen LogP contribution is 2.27. The fourth-order valence-electron chi connectivity index (χ4n) is 1.92. The van der Waals surface area contributed by atoms with Crippen molar-refractivity contribution in [3.05, 3.63) is 53.6 Å². The normalized spacial score (nSPS) is 11.0. The molecule has 2 aromatic rings. The summed E-state index contributed by atoms with van der Waals surface area (Å²) in [6.45, 7) is 0. The summed E-state index contributed by atoms with van der Waals surface area (Å²) in [4.78, 5) is 1.98. The second-order valence-electron chi connectivity index (χ2n) is 4.86. The van der Waals surface area contributed by atoms with E-state index in [-0.39, 0.29) is 11.5 Å². The zero-order valence-electron chi connectivity index (χ0n) is 11.9. The molecule has 106 valence electrons. The Labute approximate surface area is 123 Å². The molecule has 21 heavy (non-hydrogen) atoms. The molecule has 0 unspecified atom stereocenters. The van der Waals surface area contributed by atoms with E-state index >= 15 is 0 Å². The molecule has 2 rings (SSSR count). The van der Waals surface area contributed by atoms with E-state index in [1.807, 2.05) is 43.3 Å². The maximum Gasteiger partial charge on any atom is 0.157 e. The number of phenolic OH excluding ortho intramolecular Hbond substituents is 2. The lowest BCUT2D eigenvalue weighted by molar-refractivity contribution is 0.403. The van der Waals surface area contributed by atoms with Crippen molar-refractivity contribution < 1.29 is 10.2 Å². The molecule has 0 atom stereocenters. The molecule has 0 bridgehead atoms. The zero-order valence-corrected chi connectivity index (χ0v) is 11.9. The number of allylic oxidation sites excluding steroid dienone is 1. The van der Waals surface area contributed by atoms with Gasteiger partial charge in [-0.25, -0.2) is 0 Å². The van der Waals surface area contributed by atoms with Crippen molar-refractivity contribution in [1.29, 1.82) is 5.26 Å². The van der Waals surface area contributed by atoms with Crippen LogP contribution in [0.3, 0.4) is 0 Å². The van der Waals surface area contributed by atoms with Crippen LogP contribution >= 0.6 is 0 Å². The first-order valence-corrected chi connectivity index (χ1v) is 6.43. The van der Waals surface area contributed by atoms with Crippen LogP contribution in [0.5, 0.6) is 11.5 Å². The third kappa shape index (κ3) is 3.34. The number of hydrogen-bond acceptors (Lipinski definition) is 4. The minimum absolute atomic E-state index is 0.180. The van der Waals surface area contributed by atoms with Crippen molar-refractivity contribution in [2.45, 2.75) is 0 Å². The first kappa shape index (κ1) is 14.5. The lowest BCUT2D eigenvalue weighted by Gasteiger charge is -2.12. The summed E-state index contributed by atoms with van der Waals surface area (Å²) < 4.78 is 0. The van der Waals surface area contributed by atoms with Crippen LogP contribution in [-0.4, -0.2) is 24.3 Å². The van der Waals surface area contributed by atoms with Crippen molar-refractivity contribution in [3.8, 4) is 17.6 Å². The van der Waals surface area contributed by atoms with E-state index in [0.717, 1.165) is 11.3 Å². The van der Waals surface area contributed by atoms with Gasteiger partial charge in [-0.15, -0.1) is 0 Å². The van der Waals surface area contributed by atoms with E-state index < -0.39 is 0 Å². The fraction of sp³-hybridized carbons (Fsp3) is 0.118. The van der Waals surface area contributed by atoms with Gasteiger partial charge in [0, 0.05) is 19.8 Å². The molecule has 4 nitrogen and oxygen atoms in total. The predicted molar refractivity (Wildman–Crippen MR) is 84.0 cm³/mol. The Morgan fingerprint density at radius 1 is 1.05 bits per heavy atom. The minimum Gasteiger partial charge on any atom is -0.504 e. The molecule has 0 saturated carbocycles. The number of rotatable bonds is 3. The average Bonchev–Trinajstić information content (AvgIpc) is 2.48. The van der Waals surface area contributed by atoms with Gasteiger partial charge >= 0.3 is 0 Å². The van der Waals surface area contributed by atoms with Gasteiger partial charge in [-0.05, 0) is 41.5 Å². The quantitative estimate of drug-likeness (QED) is 0.514. The topological polar surface area (TPSA) is 67.5 Å². The number of benzene rings is 2. The smallest absolute Gasteiger partial charge is 0.157 e. The lowest BCUT2D eigenvalue weighted by Crippen LogP contribution is -2.08. The summed E-state index contributed by atoms with van der Waals surface area (Å²) in [5.41, 5.74) is 3.00. The maximum atomic E-state index is 9.49. The highest BCUT2D eigenvalue weighted by molar-refractivity contribution is 5.90. The van der Waals surface area contributed by atoms with E-state index in [1.54, 1.807) is 12.1 Å². The van der Waals surface area contributed by atoms with Crippen LogP contribution in [0.4, 0.5) is 5.69 Å². The summed E-state index contributed by atoms with van der Waals surface area (Å²) in [6, 6.07) is 14.2. The molecule has 4 heteroatoms. The summed E-state index contributed by atoms with van der Waals surface area (Å²) in [6.07, 6.45) is 1.67. The molecule has 0 amide bonds. The van der Waals surface area contributed by atoms with Gasteiger partial charge in [0.1, 0.15) is 0 Å². The van der Waals surface area contributed by atoms with Crippen molar-refractivity contribution in [3.63, 3.8) is 0 Å². The molecule has 0 aliphatic carbocycles. The fourth-order valence-corrected chi connectivity index (χ4v) is 1.92. The highest BCUT2D eigenvalue weighted by Gasteiger charge is 2.04. The third-order valence-corrected chi connectivity index (χ3v) is 3.13. The maximum absolute atomic E-state index is 9.49. The number of nitriles is 1. The molecule has 0 heterocycles. The number of nitrogens with zero attached hydrogens (tertiary/aromatic N) is 2. The Bertz CT molecular complexity index is 711. The number of hydrogen-bond donors (Lipinski definition) is 2. The Morgan fingerprint density at radius 2 is 1.71 bits per heavy atom. The van der Waals surface area contributed by atoms with Gasteiger partial charge in [0.05, 0.1) is 11.6 Å². The van der Waals surface area contributed by atoms with Gasteiger partial charge in [0.25, 0.3) is 0 Å². The highest BCUT2D eigenvalue weighted by atomic mass is 16.3. The van der Waals surface area contributed by atoms with Crippen molar-refractivity contribution in [2.75, 3.05) is 19.0 Å². The second kappa shape index (κ2) is 6.02. The summed E-state index contributed by atoms with van der Waals surface area (Å²) in [5, 5.41) is 28.1. The molecule has 0 radical (unpaired) electrons. The zero-order chi connectivity index (χ0) is 15.4. The van der Waals surface area contributed by atoms with E-state index in [0.29, 0.717) is 11.1 Å². The molecule has 0 aliphatic heterocycles. The Morgan fingerprint density at radius 3 is 2.24 bits per heavy atom. The molecule has 2 aromatic carbocycles. The molecule has 0 aliphatic rings. The van der Waals surface area contributed by atoms with Crippen LogP contribution in [0, 0.1) is 11.3 Å². The molecule has 0 fully saturated rings. The van der Waals surface area contributed by atoms with Crippen LogP contribution in [0.25, 0.3) is 11.6 Å². The third-order valence-electron chi connectivity index (χ3n) is 3.13. The first-order chi connectivity index (χ1) is 10.0. The van der Waals surface area contributed by atoms with E-state index in [9.17, 15) is 15.5 Å². The van der Waals surface area contributed by atoms with Gasteiger partial charge in [-0.1, -0.05) is 18.2 Å². The first-order valence-electron chi connectivity index (χ1n) is 6.43. The van der Waals surface area contributed by atoms with Crippen LogP contribution in [0.15, 0.2) is 42.5 Å². The Balaban J connectivity index is 2.36. The van der Waals surface area contributed by atoms with Crippen molar-refractivity contribution in [1.82, 2.24) is 0 Å². The van der Waals surface area contributed by atoms with Crippen LogP contribution in [0.2, 0.25) is 0 Å². The average molecular weight is 280 g/mol. The summed E-state index contributed by atoms with van der Waals surface area (Å²) in [7, 11) is 3.91.